The third kappa shape index (κ3) is 7.13. The van der Waals surface area contributed by atoms with Gasteiger partial charge in [-0.05, 0) is 31.2 Å². The molecule has 0 radical (unpaired) electrons. The maximum atomic E-state index is 11.6. The summed E-state index contributed by atoms with van der Waals surface area (Å²) < 4.78 is 1.84. The van der Waals surface area contributed by atoms with Crippen LogP contribution in [0.4, 0.5) is 4.79 Å². The van der Waals surface area contributed by atoms with Crippen LogP contribution in [0.15, 0.2) is 18.5 Å². The number of amides is 2. The Labute approximate surface area is 120 Å². The highest BCUT2D eigenvalue weighted by atomic mass is 16.3. The Bertz CT molecular complexity index is 388. The molecule has 1 rings (SSSR count). The van der Waals surface area contributed by atoms with Crippen LogP contribution in [0, 0.1) is 5.41 Å². The van der Waals surface area contributed by atoms with Crippen molar-refractivity contribution in [2.24, 2.45) is 5.41 Å². The zero-order chi connectivity index (χ0) is 15.0. The number of aryl methyl sites for hydroxylation is 1. The van der Waals surface area contributed by atoms with Crippen molar-refractivity contribution in [2.75, 3.05) is 13.1 Å². The molecule has 0 saturated heterocycles. The summed E-state index contributed by atoms with van der Waals surface area (Å²) in [7, 11) is 0. The van der Waals surface area contributed by atoms with Gasteiger partial charge in [0.25, 0.3) is 0 Å². The molecule has 0 fully saturated rings. The van der Waals surface area contributed by atoms with Crippen LogP contribution in [0.2, 0.25) is 0 Å². The summed E-state index contributed by atoms with van der Waals surface area (Å²) in [6.07, 6.45) is 4.78. The van der Waals surface area contributed by atoms with Gasteiger partial charge in [0.1, 0.15) is 0 Å². The van der Waals surface area contributed by atoms with Crippen molar-refractivity contribution in [2.45, 2.75) is 46.3 Å². The number of rotatable bonds is 8. The van der Waals surface area contributed by atoms with E-state index in [1.807, 2.05) is 30.8 Å². The summed E-state index contributed by atoms with van der Waals surface area (Å²) in [5.74, 6) is 0. The van der Waals surface area contributed by atoms with Gasteiger partial charge in [0.15, 0.2) is 0 Å². The number of carbonyl (C=O) groups excluding carboxylic acids is 1. The maximum absolute atomic E-state index is 11.6. The minimum Gasteiger partial charge on any atom is -0.393 e. The first kappa shape index (κ1) is 16.5. The van der Waals surface area contributed by atoms with E-state index in [0.29, 0.717) is 19.5 Å². The zero-order valence-corrected chi connectivity index (χ0v) is 12.6. The third-order valence-electron chi connectivity index (χ3n) is 2.98. The second-order valence-electron chi connectivity index (χ2n) is 5.95. The maximum Gasteiger partial charge on any atom is 0.314 e. The first-order valence-corrected chi connectivity index (χ1v) is 7.06. The number of aromatic nitrogens is 2. The van der Waals surface area contributed by atoms with E-state index < -0.39 is 0 Å². The van der Waals surface area contributed by atoms with Gasteiger partial charge in [0.2, 0.25) is 0 Å². The third-order valence-corrected chi connectivity index (χ3v) is 2.98. The second kappa shape index (κ2) is 7.89. The fourth-order valence-corrected chi connectivity index (χ4v) is 2.13. The molecular formula is C14H26N4O2. The molecule has 1 aromatic heterocycles. The molecule has 1 unspecified atom stereocenters. The van der Waals surface area contributed by atoms with Gasteiger partial charge in [-0.1, -0.05) is 13.8 Å². The Morgan fingerprint density at radius 3 is 2.80 bits per heavy atom. The van der Waals surface area contributed by atoms with Gasteiger partial charge in [-0.25, -0.2) is 4.79 Å². The highest BCUT2D eigenvalue weighted by molar-refractivity contribution is 5.73. The molecule has 1 atom stereocenters. The van der Waals surface area contributed by atoms with Crippen molar-refractivity contribution in [1.82, 2.24) is 20.4 Å². The highest BCUT2D eigenvalue weighted by Gasteiger charge is 2.20. The lowest BCUT2D eigenvalue weighted by Crippen LogP contribution is -2.42. The minimum absolute atomic E-state index is 0.111. The molecule has 0 bridgehead atoms. The van der Waals surface area contributed by atoms with Gasteiger partial charge in [-0.15, -0.1) is 0 Å². The predicted molar refractivity (Wildman–Crippen MR) is 78.3 cm³/mol. The molecule has 3 N–H and O–H groups in total. The van der Waals surface area contributed by atoms with Gasteiger partial charge in [-0.3, -0.25) is 4.68 Å². The van der Waals surface area contributed by atoms with Crippen LogP contribution >= 0.6 is 0 Å². The summed E-state index contributed by atoms with van der Waals surface area (Å²) >= 11 is 0. The molecule has 1 heterocycles. The highest BCUT2D eigenvalue weighted by Crippen LogP contribution is 2.20. The molecule has 0 aromatic carbocycles. The average molecular weight is 282 g/mol. The van der Waals surface area contributed by atoms with Crippen LogP contribution in [-0.4, -0.2) is 40.1 Å². The van der Waals surface area contributed by atoms with E-state index in [2.05, 4.69) is 15.7 Å². The van der Waals surface area contributed by atoms with Gasteiger partial charge in [-0.2, -0.15) is 5.10 Å². The number of urea groups is 1. The van der Waals surface area contributed by atoms with E-state index in [-0.39, 0.29) is 17.6 Å². The number of nitrogens with one attached hydrogen (secondary N) is 2. The lowest BCUT2D eigenvalue weighted by Gasteiger charge is -2.26. The standard InChI is InChI=1S/C14H26N4O2/c1-12(19)10-14(2,3)11-16-13(20)15-6-4-8-18-9-5-7-17-18/h5,7,9,12,19H,4,6,8,10-11H2,1-3H3,(H2,15,16,20). The molecular weight excluding hydrogens is 256 g/mol. The summed E-state index contributed by atoms with van der Waals surface area (Å²) in [6.45, 7) is 7.76. The molecule has 1 aromatic rings. The number of nitrogens with zero attached hydrogens (tertiary/aromatic N) is 2. The smallest absolute Gasteiger partial charge is 0.314 e. The molecule has 114 valence electrons. The van der Waals surface area contributed by atoms with Crippen LogP contribution in [0.3, 0.4) is 0 Å². The van der Waals surface area contributed by atoms with Gasteiger partial charge in [0.05, 0.1) is 6.10 Å². The van der Waals surface area contributed by atoms with Crippen LogP contribution in [0.1, 0.15) is 33.6 Å². The molecule has 6 nitrogen and oxygen atoms in total. The number of aliphatic hydroxyl groups excluding tert-OH is 1. The fraction of sp³-hybridized carbons (Fsp3) is 0.714. The van der Waals surface area contributed by atoms with Crippen molar-refractivity contribution in [1.29, 1.82) is 0 Å². The Hall–Kier alpha value is -1.56. The molecule has 0 aliphatic rings. The normalized spacial score (nSPS) is 13.0. The quantitative estimate of drug-likeness (QED) is 0.630. The topological polar surface area (TPSA) is 79.2 Å². The first-order chi connectivity index (χ1) is 9.39. The van der Waals surface area contributed by atoms with Crippen molar-refractivity contribution in [3.05, 3.63) is 18.5 Å². The fourth-order valence-electron chi connectivity index (χ4n) is 2.13. The lowest BCUT2D eigenvalue weighted by atomic mass is 9.87. The van der Waals surface area contributed by atoms with Gasteiger partial charge in [0, 0.05) is 32.0 Å². The molecule has 0 saturated carbocycles. The summed E-state index contributed by atoms with van der Waals surface area (Å²) in [5, 5.41) is 19.1. The van der Waals surface area contributed by atoms with Crippen molar-refractivity contribution < 1.29 is 9.90 Å². The summed E-state index contributed by atoms with van der Waals surface area (Å²) in [6, 6.07) is 1.72. The van der Waals surface area contributed by atoms with Crippen molar-refractivity contribution in [3.8, 4) is 0 Å². The second-order valence-corrected chi connectivity index (χ2v) is 5.95. The zero-order valence-electron chi connectivity index (χ0n) is 12.6. The molecule has 20 heavy (non-hydrogen) atoms. The van der Waals surface area contributed by atoms with Crippen LogP contribution in [0.5, 0.6) is 0 Å². The van der Waals surface area contributed by atoms with Crippen LogP contribution < -0.4 is 10.6 Å². The average Bonchev–Trinajstić information content (AvgIpc) is 2.84. The summed E-state index contributed by atoms with van der Waals surface area (Å²) in [5.41, 5.74) is -0.111. The first-order valence-electron chi connectivity index (χ1n) is 7.06. The Morgan fingerprint density at radius 1 is 1.45 bits per heavy atom. The molecule has 0 spiro atoms. The number of carbonyl (C=O) groups is 1. The summed E-state index contributed by atoms with van der Waals surface area (Å²) in [4.78, 5) is 11.6. The van der Waals surface area contributed by atoms with E-state index in [1.54, 1.807) is 13.1 Å². The van der Waals surface area contributed by atoms with Crippen LogP contribution in [-0.2, 0) is 6.54 Å². The van der Waals surface area contributed by atoms with Crippen molar-refractivity contribution >= 4 is 6.03 Å². The largest absolute Gasteiger partial charge is 0.393 e. The van der Waals surface area contributed by atoms with E-state index in [4.69, 9.17) is 0 Å². The van der Waals surface area contributed by atoms with Crippen LogP contribution in [0.25, 0.3) is 0 Å². The Morgan fingerprint density at radius 2 is 2.20 bits per heavy atom. The molecule has 0 aliphatic carbocycles. The van der Waals surface area contributed by atoms with E-state index >= 15 is 0 Å². The molecule has 0 aliphatic heterocycles. The van der Waals surface area contributed by atoms with Crippen molar-refractivity contribution in [3.63, 3.8) is 0 Å². The SMILES string of the molecule is CC(O)CC(C)(C)CNC(=O)NCCCn1cccn1. The predicted octanol–water partition coefficient (Wildman–Crippen LogP) is 1.37. The van der Waals surface area contributed by atoms with E-state index in [1.165, 1.54) is 0 Å². The lowest BCUT2D eigenvalue weighted by molar-refractivity contribution is 0.129. The Kier molecular flexibility index (Phi) is 6.51. The molecule has 2 amide bonds. The van der Waals surface area contributed by atoms with Gasteiger partial charge >= 0.3 is 6.03 Å². The number of aliphatic hydroxyl groups is 1. The number of hydrogen-bond donors (Lipinski definition) is 3. The Balaban J connectivity index is 2.11. The number of hydrogen-bond acceptors (Lipinski definition) is 3. The van der Waals surface area contributed by atoms with E-state index in [9.17, 15) is 9.90 Å². The van der Waals surface area contributed by atoms with E-state index in [0.717, 1.165) is 13.0 Å². The monoisotopic (exact) mass is 282 g/mol. The molecule has 6 heteroatoms. The minimum atomic E-state index is -0.357. The van der Waals surface area contributed by atoms with Gasteiger partial charge < -0.3 is 15.7 Å².